The summed E-state index contributed by atoms with van der Waals surface area (Å²) in [6, 6.07) is 8.94. The molecular formula is C20H25N3O4. The number of hydrazone groups is 1. The monoisotopic (exact) mass is 371 g/mol. The predicted octanol–water partition coefficient (Wildman–Crippen LogP) is 2.50. The van der Waals surface area contributed by atoms with Gasteiger partial charge in [-0.15, -0.1) is 0 Å². The highest BCUT2D eigenvalue weighted by Crippen LogP contribution is 2.20. The molecule has 0 radical (unpaired) electrons. The van der Waals surface area contributed by atoms with Crippen molar-refractivity contribution < 1.29 is 19.1 Å². The molecule has 1 fully saturated rings. The van der Waals surface area contributed by atoms with Crippen LogP contribution in [0.1, 0.15) is 45.4 Å². The smallest absolute Gasteiger partial charge is 0.355 e. The summed E-state index contributed by atoms with van der Waals surface area (Å²) in [7, 11) is 0. The number of carbonyl (C=O) groups excluding carboxylic acids is 3. The second-order valence-electron chi connectivity index (χ2n) is 6.87. The molecule has 1 saturated heterocycles. The summed E-state index contributed by atoms with van der Waals surface area (Å²) in [5, 5.41) is 5.40. The zero-order valence-corrected chi connectivity index (χ0v) is 15.6. The molecule has 0 spiro atoms. The lowest BCUT2D eigenvalue weighted by atomic mass is 10.1. The third kappa shape index (κ3) is 4.72. The molecule has 2 aliphatic heterocycles. The molecule has 1 unspecified atom stereocenters. The van der Waals surface area contributed by atoms with E-state index in [9.17, 15) is 14.4 Å². The minimum atomic E-state index is -0.860. The molecule has 7 nitrogen and oxygen atoms in total. The first kappa shape index (κ1) is 19.1. The normalized spacial score (nSPS) is 19.1. The number of hydrogen-bond donors (Lipinski definition) is 0. The Hall–Kier alpha value is -2.70. The number of para-hydroxylation sites is 1. The summed E-state index contributed by atoms with van der Waals surface area (Å²) in [6.07, 6.45) is 3.74. The largest absolute Gasteiger partial charge is 0.448 e. The van der Waals surface area contributed by atoms with Crippen LogP contribution in [0, 0.1) is 0 Å². The van der Waals surface area contributed by atoms with E-state index in [0.717, 1.165) is 25.7 Å². The third-order valence-electron chi connectivity index (χ3n) is 4.82. The van der Waals surface area contributed by atoms with Gasteiger partial charge in [0.05, 0.1) is 5.69 Å². The van der Waals surface area contributed by atoms with Crippen molar-refractivity contribution in [1.82, 2.24) is 4.90 Å². The molecule has 0 saturated carbocycles. The van der Waals surface area contributed by atoms with Gasteiger partial charge in [0.25, 0.3) is 5.91 Å². The molecule has 2 heterocycles. The average Bonchev–Trinajstić information content (AvgIpc) is 2.97. The van der Waals surface area contributed by atoms with Gasteiger partial charge in [-0.3, -0.25) is 9.59 Å². The Morgan fingerprint density at radius 3 is 2.37 bits per heavy atom. The minimum Gasteiger partial charge on any atom is -0.448 e. The van der Waals surface area contributed by atoms with Crippen LogP contribution in [-0.4, -0.2) is 47.6 Å². The van der Waals surface area contributed by atoms with E-state index in [1.54, 1.807) is 36.1 Å². The zero-order valence-electron chi connectivity index (χ0n) is 15.6. The SMILES string of the molecule is CC(OC(=O)C1=NN(c2ccccc2)C(=O)CC1)C(=O)N1CCCCCC1. The highest BCUT2D eigenvalue weighted by Gasteiger charge is 2.30. The molecule has 0 N–H and O–H groups in total. The minimum absolute atomic E-state index is 0.161. The maximum atomic E-state index is 12.6. The maximum absolute atomic E-state index is 12.6. The van der Waals surface area contributed by atoms with E-state index in [-0.39, 0.29) is 30.4 Å². The predicted molar refractivity (Wildman–Crippen MR) is 101 cm³/mol. The number of ether oxygens (including phenoxy) is 1. The number of benzene rings is 1. The molecule has 3 rings (SSSR count). The zero-order chi connectivity index (χ0) is 19.2. The van der Waals surface area contributed by atoms with Crippen LogP contribution in [-0.2, 0) is 19.1 Å². The molecule has 1 aromatic carbocycles. The average molecular weight is 371 g/mol. The Bertz CT molecular complexity index is 724. The lowest BCUT2D eigenvalue weighted by Crippen LogP contribution is -2.42. The van der Waals surface area contributed by atoms with E-state index in [1.807, 2.05) is 6.07 Å². The third-order valence-corrected chi connectivity index (χ3v) is 4.82. The van der Waals surface area contributed by atoms with Crippen molar-refractivity contribution in [1.29, 1.82) is 0 Å². The Labute approximate surface area is 159 Å². The molecule has 27 heavy (non-hydrogen) atoms. The van der Waals surface area contributed by atoms with Crippen LogP contribution < -0.4 is 5.01 Å². The summed E-state index contributed by atoms with van der Waals surface area (Å²) in [5.74, 6) is -0.983. The highest BCUT2D eigenvalue weighted by molar-refractivity contribution is 6.38. The van der Waals surface area contributed by atoms with Crippen molar-refractivity contribution in [3.63, 3.8) is 0 Å². The van der Waals surface area contributed by atoms with Crippen molar-refractivity contribution in [2.24, 2.45) is 5.10 Å². The van der Waals surface area contributed by atoms with Gasteiger partial charge >= 0.3 is 5.97 Å². The van der Waals surface area contributed by atoms with Gasteiger partial charge in [0.15, 0.2) is 6.10 Å². The topological polar surface area (TPSA) is 79.3 Å². The number of nitrogens with zero attached hydrogens (tertiary/aromatic N) is 3. The Morgan fingerprint density at radius 1 is 1.04 bits per heavy atom. The van der Waals surface area contributed by atoms with Gasteiger partial charge in [0.2, 0.25) is 5.91 Å². The van der Waals surface area contributed by atoms with E-state index < -0.39 is 12.1 Å². The number of hydrogen-bond acceptors (Lipinski definition) is 5. The first-order valence-corrected chi connectivity index (χ1v) is 9.51. The second-order valence-corrected chi connectivity index (χ2v) is 6.87. The van der Waals surface area contributed by atoms with Gasteiger partial charge in [-0.2, -0.15) is 5.10 Å². The fourth-order valence-corrected chi connectivity index (χ4v) is 3.30. The second kappa shape index (κ2) is 8.79. The van der Waals surface area contributed by atoms with Crippen LogP contribution in [0.5, 0.6) is 0 Å². The quantitative estimate of drug-likeness (QED) is 0.762. The van der Waals surface area contributed by atoms with Gasteiger partial charge in [0.1, 0.15) is 5.71 Å². The first-order valence-electron chi connectivity index (χ1n) is 9.51. The van der Waals surface area contributed by atoms with E-state index in [4.69, 9.17) is 4.74 Å². The molecule has 2 aliphatic rings. The molecule has 0 aromatic heterocycles. The standard InChI is InChI=1S/C20H25N3O4/c1-15(19(25)22-13-7-2-3-8-14-22)27-20(26)17-11-12-18(24)23(21-17)16-9-5-4-6-10-16/h4-6,9-10,15H,2-3,7-8,11-14H2,1H3. The Morgan fingerprint density at radius 2 is 1.70 bits per heavy atom. The van der Waals surface area contributed by atoms with Crippen molar-refractivity contribution in [2.45, 2.75) is 51.6 Å². The van der Waals surface area contributed by atoms with Gasteiger partial charge in [-0.25, -0.2) is 9.80 Å². The van der Waals surface area contributed by atoms with Gasteiger partial charge in [-0.1, -0.05) is 31.0 Å². The fourth-order valence-electron chi connectivity index (χ4n) is 3.30. The van der Waals surface area contributed by atoms with Crippen LogP contribution in [0.25, 0.3) is 0 Å². The lowest BCUT2D eigenvalue weighted by Gasteiger charge is -2.25. The first-order chi connectivity index (χ1) is 13.1. The summed E-state index contributed by atoms with van der Waals surface area (Å²) in [4.78, 5) is 38.9. The highest BCUT2D eigenvalue weighted by atomic mass is 16.5. The number of rotatable bonds is 4. The van der Waals surface area contributed by atoms with Crippen LogP contribution in [0.15, 0.2) is 35.4 Å². The van der Waals surface area contributed by atoms with Crippen LogP contribution in [0.4, 0.5) is 5.69 Å². The van der Waals surface area contributed by atoms with Crippen LogP contribution in [0.2, 0.25) is 0 Å². The lowest BCUT2D eigenvalue weighted by molar-refractivity contribution is -0.154. The molecule has 1 aromatic rings. The number of amides is 2. The molecule has 144 valence electrons. The van der Waals surface area contributed by atoms with E-state index in [2.05, 4.69) is 5.10 Å². The van der Waals surface area contributed by atoms with Crippen molar-refractivity contribution in [3.05, 3.63) is 30.3 Å². The Balaban J connectivity index is 1.65. The van der Waals surface area contributed by atoms with Crippen LogP contribution in [0.3, 0.4) is 0 Å². The van der Waals surface area contributed by atoms with Gasteiger partial charge < -0.3 is 9.64 Å². The van der Waals surface area contributed by atoms with Crippen molar-refractivity contribution >= 4 is 29.2 Å². The van der Waals surface area contributed by atoms with Gasteiger partial charge in [-0.05, 0) is 31.9 Å². The molecule has 0 aliphatic carbocycles. The molecule has 2 amide bonds. The van der Waals surface area contributed by atoms with E-state index >= 15 is 0 Å². The van der Waals surface area contributed by atoms with E-state index in [0.29, 0.717) is 18.8 Å². The van der Waals surface area contributed by atoms with Crippen molar-refractivity contribution in [3.8, 4) is 0 Å². The molecule has 7 heteroatoms. The number of likely N-dealkylation sites (tertiary alicyclic amines) is 1. The van der Waals surface area contributed by atoms with Crippen molar-refractivity contribution in [2.75, 3.05) is 18.1 Å². The number of esters is 1. The van der Waals surface area contributed by atoms with Crippen LogP contribution >= 0.6 is 0 Å². The number of carbonyl (C=O) groups is 3. The molecule has 0 bridgehead atoms. The molecular weight excluding hydrogens is 346 g/mol. The maximum Gasteiger partial charge on any atom is 0.355 e. The van der Waals surface area contributed by atoms with E-state index in [1.165, 1.54) is 5.01 Å². The fraction of sp³-hybridized carbons (Fsp3) is 0.500. The Kier molecular flexibility index (Phi) is 6.21. The summed E-state index contributed by atoms with van der Waals surface area (Å²) in [5.41, 5.74) is 0.759. The summed E-state index contributed by atoms with van der Waals surface area (Å²) < 4.78 is 5.37. The summed E-state index contributed by atoms with van der Waals surface area (Å²) >= 11 is 0. The summed E-state index contributed by atoms with van der Waals surface area (Å²) in [6.45, 7) is 3.00. The molecule has 1 atom stereocenters. The number of anilines is 1. The van der Waals surface area contributed by atoms with Gasteiger partial charge in [0, 0.05) is 25.9 Å².